The lowest BCUT2D eigenvalue weighted by molar-refractivity contribution is -0.139. The molecule has 0 fully saturated rings. The van der Waals surface area contributed by atoms with Gasteiger partial charge in [-0.3, -0.25) is 13.9 Å². The summed E-state index contributed by atoms with van der Waals surface area (Å²) in [6.45, 7) is 4.89. The summed E-state index contributed by atoms with van der Waals surface area (Å²) in [7, 11) is -4.09. The number of carbonyl (C=O) groups excluding carboxylic acids is 2. The van der Waals surface area contributed by atoms with E-state index >= 15 is 0 Å². The fraction of sp³-hybridized carbons (Fsp3) is 0.259. The van der Waals surface area contributed by atoms with Gasteiger partial charge in [-0.15, -0.1) is 0 Å². The zero-order valence-electron chi connectivity index (χ0n) is 20.8. The minimum atomic E-state index is -4.09. The van der Waals surface area contributed by atoms with Gasteiger partial charge in [0.05, 0.1) is 10.6 Å². The molecule has 3 aromatic carbocycles. The Kier molecular flexibility index (Phi) is 9.75. The van der Waals surface area contributed by atoms with E-state index in [1.54, 1.807) is 73.7 Å². The molecule has 1 N–H and O–H groups in total. The predicted octanol–water partition coefficient (Wildman–Crippen LogP) is 5.24. The highest BCUT2D eigenvalue weighted by atomic mass is 79.9. The molecule has 0 aliphatic rings. The van der Waals surface area contributed by atoms with Crippen molar-refractivity contribution in [1.82, 2.24) is 10.2 Å². The molecule has 0 bridgehead atoms. The van der Waals surface area contributed by atoms with Crippen molar-refractivity contribution in [1.29, 1.82) is 0 Å². The van der Waals surface area contributed by atoms with Crippen LogP contribution in [0.5, 0.6) is 0 Å². The standard InChI is InChI=1S/C27H29BrClN3O4S/c1-19(2)30-27(34)20(3)31(17-21-9-13-23(29)14-10-21)26(33)18-32(24-15-11-22(28)12-16-24)37(35,36)25-7-5-4-6-8-25/h4-16,19-20H,17-18H2,1-3H3,(H,30,34)/t20-/m1/s1. The smallest absolute Gasteiger partial charge is 0.264 e. The molecule has 0 heterocycles. The molecule has 0 saturated carbocycles. The molecule has 1 atom stereocenters. The Bertz CT molecular complexity index is 1320. The van der Waals surface area contributed by atoms with Crippen LogP contribution in [0.4, 0.5) is 5.69 Å². The van der Waals surface area contributed by atoms with Gasteiger partial charge in [-0.1, -0.05) is 57.9 Å². The third-order valence-electron chi connectivity index (χ3n) is 5.59. The fourth-order valence-corrected chi connectivity index (χ4v) is 5.46. The Balaban J connectivity index is 2.00. The normalized spacial score (nSPS) is 12.2. The number of nitrogens with one attached hydrogen (secondary N) is 1. The van der Waals surface area contributed by atoms with Crippen LogP contribution >= 0.6 is 27.5 Å². The molecular weight excluding hydrogens is 578 g/mol. The third kappa shape index (κ3) is 7.56. The maximum absolute atomic E-state index is 13.8. The number of amides is 2. The van der Waals surface area contributed by atoms with Crippen molar-refractivity contribution < 1.29 is 18.0 Å². The van der Waals surface area contributed by atoms with Gasteiger partial charge in [0.15, 0.2) is 0 Å². The quantitative estimate of drug-likeness (QED) is 0.342. The van der Waals surface area contributed by atoms with Crippen LogP contribution in [-0.4, -0.2) is 43.8 Å². The van der Waals surface area contributed by atoms with E-state index in [1.165, 1.54) is 17.0 Å². The van der Waals surface area contributed by atoms with E-state index in [0.717, 1.165) is 14.3 Å². The minimum absolute atomic E-state index is 0.0561. The topological polar surface area (TPSA) is 86.8 Å². The average Bonchev–Trinajstić information content (AvgIpc) is 2.87. The summed E-state index contributed by atoms with van der Waals surface area (Å²) in [5.74, 6) is -0.859. The van der Waals surface area contributed by atoms with E-state index in [-0.39, 0.29) is 23.4 Å². The second kappa shape index (κ2) is 12.6. The lowest BCUT2D eigenvalue weighted by atomic mass is 10.1. The summed E-state index contributed by atoms with van der Waals surface area (Å²) in [5, 5.41) is 3.37. The summed E-state index contributed by atoms with van der Waals surface area (Å²) in [4.78, 5) is 28.1. The van der Waals surface area contributed by atoms with Crippen LogP contribution in [0.25, 0.3) is 0 Å². The Morgan fingerprint density at radius 1 is 0.919 bits per heavy atom. The van der Waals surface area contributed by atoms with Gasteiger partial charge in [-0.2, -0.15) is 0 Å². The highest BCUT2D eigenvalue weighted by Crippen LogP contribution is 2.26. The third-order valence-corrected chi connectivity index (χ3v) is 8.16. The van der Waals surface area contributed by atoms with Crippen LogP contribution in [0.15, 0.2) is 88.2 Å². The van der Waals surface area contributed by atoms with E-state index in [4.69, 9.17) is 11.6 Å². The maximum atomic E-state index is 13.8. The van der Waals surface area contributed by atoms with Gasteiger partial charge < -0.3 is 10.2 Å². The van der Waals surface area contributed by atoms with E-state index in [2.05, 4.69) is 21.2 Å². The molecule has 3 rings (SSSR count). The van der Waals surface area contributed by atoms with E-state index in [1.807, 2.05) is 13.8 Å². The summed E-state index contributed by atoms with van der Waals surface area (Å²) in [5.41, 5.74) is 1.08. The minimum Gasteiger partial charge on any atom is -0.352 e. The number of nitrogens with zero attached hydrogens (tertiary/aromatic N) is 2. The number of hydrogen-bond acceptors (Lipinski definition) is 4. The highest BCUT2D eigenvalue weighted by Gasteiger charge is 2.32. The first-order valence-corrected chi connectivity index (χ1v) is 14.3. The maximum Gasteiger partial charge on any atom is 0.264 e. The largest absolute Gasteiger partial charge is 0.352 e. The second-order valence-corrected chi connectivity index (χ2v) is 12.0. The predicted molar refractivity (Wildman–Crippen MR) is 150 cm³/mol. The molecule has 0 aromatic heterocycles. The Morgan fingerprint density at radius 3 is 2.08 bits per heavy atom. The number of halogens is 2. The van der Waals surface area contributed by atoms with Gasteiger partial charge in [0.1, 0.15) is 12.6 Å². The van der Waals surface area contributed by atoms with Gasteiger partial charge in [-0.25, -0.2) is 8.42 Å². The Morgan fingerprint density at radius 2 is 1.51 bits per heavy atom. The summed E-state index contributed by atoms with van der Waals surface area (Å²) in [6, 6.07) is 20.5. The zero-order chi connectivity index (χ0) is 27.2. The first-order chi connectivity index (χ1) is 17.5. The van der Waals surface area contributed by atoms with Crippen LogP contribution in [0.3, 0.4) is 0 Å². The van der Waals surface area contributed by atoms with Crippen LogP contribution in [-0.2, 0) is 26.2 Å². The molecule has 0 radical (unpaired) electrons. The van der Waals surface area contributed by atoms with Gasteiger partial charge >= 0.3 is 0 Å². The molecule has 37 heavy (non-hydrogen) atoms. The van der Waals surface area contributed by atoms with E-state index < -0.39 is 28.5 Å². The number of carbonyl (C=O) groups is 2. The van der Waals surface area contributed by atoms with Gasteiger partial charge in [-0.05, 0) is 74.9 Å². The van der Waals surface area contributed by atoms with Crippen molar-refractivity contribution >= 4 is 55.1 Å². The second-order valence-electron chi connectivity index (χ2n) is 8.79. The average molecular weight is 607 g/mol. The van der Waals surface area contributed by atoms with Gasteiger partial charge in [0, 0.05) is 22.1 Å². The van der Waals surface area contributed by atoms with Crippen LogP contribution in [0.1, 0.15) is 26.3 Å². The molecule has 7 nitrogen and oxygen atoms in total. The van der Waals surface area contributed by atoms with Crippen molar-refractivity contribution in [2.24, 2.45) is 0 Å². The summed E-state index contributed by atoms with van der Waals surface area (Å²) >= 11 is 9.38. The molecule has 0 saturated heterocycles. The molecule has 0 aliphatic heterocycles. The monoisotopic (exact) mass is 605 g/mol. The zero-order valence-corrected chi connectivity index (χ0v) is 23.9. The number of hydrogen-bond donors (Lipinski definition) is 1. The highest BCUT2D eigenvalue weighted by molar-refractivity contribution is 9.10. The summed E-state index contributed by atoms with van der Waals surface area (Å²) < 4.78 is 29.2. The molecule has 0 unspecified atom stereocenters. The first kappa shape index (κ1) is 28.7. The van der Waals surface area contributed by atoms with Crippen LogP contribution < -0.4 is 9.62 Å². The SMILES string of the molecule is CC(C)NC(=O)[C@@H](C)N(Cc1ccc(Cl)cc1)C(=O)CN(c1ccc(Br)cc1)S(=O)(=O)c1ccccc1. The molecule has 0 aliphatic carbocycles. The molecular formula is C27H29BrClN3O4S. The first-order valence-electron chi connectivity index (χ1n) is 11.7. The van der Waals surface area contributed by atoms with E-state index in [0.29, 0.717) is 10.7 Å². The van der Waals surface area contributed by atoms with Gasteiger partial charge in [0.25, 0.3) is 10.0 Å². The number of anilines is 1. The Labute approximate surface area is 231 Å². The molecule has 196 valence electrons. The number of rotatable bonds is 10. The molecule has 10 heteroatoms. The number of sulfonamides is 1. The lowest BCUT2D eigenvalue weighted by Gasteiger charge is -2.32. The molecule has 2 amide bonds. The number of benzene rings is 3. The van der Waals surface area contributed by atoms with Crippen molar-refractivity contribution in [2.45, 2.75) is 44.3 Å². The Hall–Kier alpha value is -2.88. The molecule has 0 spiro atoms. The van der Waals surface area contributed by atoms with Crippen LogP contribution in [0, 0.1) is 0 Å². The van der Waals surface area contributed by atoms with Crippen molar-refractivity contribution in [3.8, 4) is 0 Å². The van der Waals surface area contributed by atoms with Crippen LogP contribution in [0.2, 0.25) is 5.02 Å². The lowest BCUT2D eigenvalue weighted by Crippen LogP contribution is -2.52. The van der Waals surface area contributed by atoms with Crippen molar-refractivity contribution in [2.75, 3.05) is 10.8 Å². The van der Waals surface area contributed by atoms with Gasteiger partial charge in [0.2, 0.25) is 11.8 Å². The van der Waals surface area contributed by atoms with Crippen molar-refractivity contribution in [3.05, 3.63) is 93.9 Å². The molecule has 3 aromatic rings. The fourth-order valence-electron chi connectivity index (χ4n) is 3.63. The van der Waals surface area contributed by atoms with Crippen molar-refractivity contribution in [3.63, 3.8) is 0 Å². The van der Waals surface area contributed by atoms with E-state index in [9.17, 15) is 18.0 Å². The summed E-state index contributed by atoms with van der Waals surface area (Å²) in [6.07, 6.45) is 0.